The summed E-state index contributed by atoms with van der Waals surface area (Å²) in [6, 6.07) is 15.6. The highest BCUT2D eigenvalue weighted by Crippen LogP contribution is 2.49. The van der Waals surface area contributed by atoms with E-state index in [4.69, 9.17) is 0 Å². The summed E-state index contributed by atoms with van der Waals surface area (Å²) < 4.78 is 0. The van der Waals surface area contributed by atoms with E-state index >= 15 is 0 Å². The van der Waals surface area contributed by atoms with Crippen molar-refractivity contribution < 1.29 is 9.59 Å². The van der Waals surface area contributed by atoms with Gasteiger partial charge in [-0.1, -0.05) is 43.3 Å². The number of benzene rings is 2. The average molecular weight is 350 g/mol. The van der Waals surface area contributed by atoms with Crippen LogP contribution >= 0.6 is 0 Å². The Morgan fingerprint density at radius 3 is 2.31 bits per heavy atom. The number of rotatable bonds is 6. The van der Waals surface area contributed by atoms with Gasteiger partial charge in [0.25, 0.3) is 0 Å². The molecule has 1 aliphatic carbocycles. The molecule has 4 heteroatoms. The molecule has 0 unspecified atom stereocenters. The zero-order valence-corrected chi connectivity index (χ0v) is 15.7. The second-order valence-corrected chi connectivity index (χ2v) is 6.88. The predicted octanol–water partition coefficient (Wildman–Crippen LogP) is 4.33. The minimum atomic E-state index is -0.931. The van der Waals surface area contributed by atoms with Gasteiger partial charge in [0, 0.05) is 17.9 Å². The molecule has 2 aromatic rings. The first-order valence-corrected chi connectivity index (χ1v) is 9.30. The smallest absolute Gasteiger partial charge is 0.242 e. The van der Waals surface area contributed by atoms with Gasteiger partial charge in [-0.15, -0.1) is 0 Å². The van der Waals surface area contributed by atoms with Crippen molar-refractivity contribution in [3.05, 3.63) is 59.7 Å². The molecule has 136 valence electrons. The largest absolute Gasteiger partial charge is 0.325 e. The standard InChI is InChI=1S/C22H26N2O2/c1-4-17-11-9-10-16(3)19(17)23-20(25)22(14-15-22)21(26)24(5-2)18-12-7-6-8-13-18/h6-13H,4-5,14-15H2,1-3H3,(H,23,25). The summed E-state index contributed by atoms with van der Waals surface area (Å²) in [6.45, 7) is 6.53. The van der Waals surface area contributed by atoms with Crippen LogP contribution in [-0.2, 0) is 16.0 Å². The van der Waals surface area contributed by atoms with Gasteiger partial charge in [-0.05, 0) is 56.4 Å². The Bertz CT molecular complexity index is 810. The summed E-state index contributed by atoms with van der Waals surface area (Å²) in [5.74, 6) is -0.281. The molecule has 0 aliphatic heterocycles. The first kappa shape index (κ1) is 18.2. The normalized spacial score (nSPS) is 14.6. The van der Waals surface area contributed by atoms with Crippen LogP contribution < -0.4 is 10.2 Å². The molecule has 1 saturated carbocycles. The lowest BCUT2D eigenvalue weighted by molar-refractivity contribution is -0.132. The Morgan fingerprint density at radius 2 is 1.73 bits per heavy atom. The van der Waals surface area contributed by atoms with E-state index in [1.807, 2.05) is 62.4 Å². The van der Waals surface area contributed by atoms with Crippen LogP contribution in [0, 0.1) is 12.3 Å². The van der Waals surface area contributed by atoms with E-state index < -0.39 is 5.41 Å². The molecule has 0 bridgehead atoms. The van der Waals surface area contributed by atoms with Crippen molar-refractivity contribution in [1.29, 1.82) is 0 Å². The number of hydrogen-bond donors (Lipinski definition) is 1. The van der Waals surface area contributed by atoms with Gasteiger partial charge in [-0.2, -0.15) is 0 Å². The van der Waals surface area contributed by atoms with Crippen molar-refractivity contribution in [2.45, 2.75) is 40.0 Å². The molecule has 1 N–H and O–H groups in total. The fourth-order valence-electron chi connectivity index (χ4n) is 3.41. The van der Waals surface area contributed by atoms with Crippen molar-refractivity contribution in [2.24, 2.45) is 5.41 Å². The monoisotopic (exact) mass is 350 g/mol. The number of para-hydroxylation sites is 2. The van der Waals surface area contributed by atoms with Gasteiger partial charge in [0.2, 0.25) is 11.8 Å². The number of hydrogen-bond acceptors (Lipinski definition) is 2. The molecule has 3 rings (SSSR count). The number of nitrogens with one attached hydrogen (secondary N) is 1. The van der Waals surface area contributed by atoms with Crippen molar-refractivity contribution in [2.75, 3.05) is 16.8 Å². The van der Waals surface area contributed by atoms with E-state index in [1.165, 1.54) is 0 Å². The molecular formula is C22H26N2O2. The van der Waals surface area contributed by atoms with Gasteiger partial charge in [0.15, 0.2) is 0 Å². The van der Waals surface area contributed by atoms with Crippen molar-refractivity contribution >= 4 is 23.2 Å². The lowest BCUT2D eigenvalue weighted by Gasteiger charge is -2.26. The second kappa shape index (κ2) is 7.32. The Hall–Kier alpha value is -2.62. The van der Waals surface area contributed by atoms with Gasteiger partial charge >= 0.3 is 0 Å². The maximum Gasteiger partial charge on any atom is 0.242 e. The van der Waals surface area contributed by atoms with Gasteiger partial charge in [-0.25, -0.2) is 0 Å². The third-order valence-electron chi connectivity index (χ3n) is 5.20. The fourth-order valence-corrected chi connectivity index (χ4v) is 3.41. The Morgan fingerprint density at radius 1 is 1.04 bits per heavy atom. The van der Waals surface area contributed by atoms with Crippen molar-refractivity contribution in [3.63, 3.8) is 0 Å². The Labute approximate surface area is 155 Å². The zero-order chi connectivity index (χ0) is 18.7. The van der Waals surface area contributed by atoms with Crippen molar-refractivity contribution in [1.82, 2.24) is 0 Å². The maximum absolute atomic E-state index is 13.2. The molecule has 1 fully saturated rings. The van der Waals surface area contributed by atoms with Crippen LogP contribution in [0.15, 0.2) is 48.5 Å². The van der Waals surface area contributed by atoms with Crippen LogP contribution in [0.5, 0.6) is 0 Å². The first-order valence-electron chi connectivity index (χ1n) is 9.30. The van der Waals surface area contributed by atoms with E-state index in [1.54, 1.807) is 4.90 Å². The molecule has 0 saturated heterocycles. The van der Waals surface area contributed by atoms with Crippen LogP contribution in [-0.4, -0.2) is 18.4 Å². The van der Waals surface area contributed by atoms with E-state index in [0.717, 1.165) is 28.9 Å². The van der Waals surface area contributed by atoms with Crippen molar-refractivity contribution in [3.8, 4) is 0 Å². The summed E-state index contributed by atoms with van der Waals surface area (Å²) in [5.41, 5.74) is 2.87. The molecule has 0 atom stereocenters. The highest BCUT2D eigenvalue weighted by Gasteiger charge is 2.58. The summed E-state index contributed by atoms with van der Waals surface area (Å²) in [5, 5.41) is 3.06. The number of anilines is 2. The van der Waals surface area contributed by atoms with E-state index in [9.17, 15) is 9.59 Å². The fraction of sp³-hybridized carbons (Fsp3) is 0.364. The highest BCUT2D eigenvalue weighted by atomic mass is 16.2. The lowest BCUT2D eigenvalue weighted by atomic mass is 10.0. The van der Waals surface area contributed by atoms with E-state index in [2.05, 4.69) is 12.2 Å². The molecule has 0 spiro atoms. The van der Waals surface area contributed by atoms with Gasteiger partial charge in [0.05, 0.1) is 0 Å². The SMILES string of the molecule is CCc1cccc(C)c1NC(=O)C1(C(=O)N(CC)c2ccccc2)CC1. The molecule has 2 amide bonds. The number of carbonyl (C=O) groups excluding carboxylic acids is 2. The minimum absolute atomic E-state index is 0.102. The van der Waals surface area contributed by atoms with Crippen LogP contribution in [0.3, 0.4) is 0 Å². The minimum Gasteiger partial charge on any atom is -0.325 e. The average Bonchev–Trinajstić information content (AvgIpc) is 3.47. The highest BCUT2D eigenvalue weighted by molar-refractivity contribution is 6.18. The van der Waals surface area contributed by atoms with Crippen LogP contribution in [0.25, 0.3) is 0 Å². The van der Waals surface area contributed by atoms with Gasteiger partial charge in [-0.3, -0.25) is 9.59 Å². The second-order valence-electron chi connectivity index (χ2n) is 6.88. The third kappa shape index (κ3) is 3.24. The topological polar surface area (TPSA) is 49.4 Å². The number of carbonyl (C=O) groups is 2. The molecule has 0 heterocycles. The Balaban J connectivity index is 1.84. The quantitative estimate of drug-likeness (QED) is 0.788. The van der Waals surface area contributed by atoms with E-state index in [-0.39, 0.29) is 11.8 Å². The predicted molar refractivity (Wildman–Crippen MR) is 105 cm³/mol. The summed E-state index contributed by atoms with van der Waals surface area (Å²) in [4.78, 5) is 28.0. The molecule has 2 aromatic carbocycles. The van der Waals surface area contributed by atoms with Gasteiger partial charge in [0.1, 0.15) is 5.41 Å². The third-order valence-corrected chi connectivity index (χ3v) is 5.20. The molecule has 0 aromatic heterocycles. The maximum atomic E-state index is 13.2. The molecule has 0 radical (unpaired) electrons. The van der Waals surface area contributed by atoms with Crippen LogP contribution in [0.2, 0.25) is 0 Å². The van der Waals surface area contributed by atoms with Gasteiger partial charge < -0.3 is 10.2 Å². The number of nitrogens with zero attached hydrogens (tertiary/aromatic N) is 1. The molecule has 4 nitrogen and oxygen atoms in total. The molecular weight excluding hydrogens is 324 g/mol. The van der Waals surface area contributed by atoms with Crippen LogP contribution in [0.4, 0.5) is 11.4 Å². The summed E-state index contributed by atoms with van der Waals surface area (Å²) in [6.07, 6.45) is 2.05. The van der Waals surface area contributed by atoms with E-state index in [0.29, 0.717) is 19.4 Å². The number of aryl methyl sites for hydroxylation is 2. The lowest BCUT2D eigenvalue weighted by Crippen LogP contribution is -2.43. The molecule has 1 aliphatic rings. The first-order chi connectivity index (χ1) is 12.5. The Kier molecular flexibility index (Phi) is 5.12. The molecule has 26 heavy (non-hydrogen) atoms. The number of amides is 2. The van der Waals surface area contributed by atoms with Crippen LogP contribution in [0.1, 0.15) is 37.8 Å². The summed E-state index contributed by atoms with van der Waals surface area (Å²) in [7, 11) is 0. The zero-order valence-electron chi connectivity index (χ0n) is 15.7. The summed E-state index contributed by atoms with van der Waals surface area (Å²) >= 11 is 0.